The molecule has 0 atom stereocenters. The zero-order valence-corrected chi connectivity index (χ0v) is 10.3. The lowest BCUT2D eigenvalue weighted by atomic mass is 10.2. The van der Waals surface area contributed by atoms with Gasteiger partial charge in [-0.1, -0.05) is 5.16 Å². The fourth-order valence-corrected chi connectivity index (χ4v) is 1.85. The van der Waals surface area contributed by atoms with Crippen LogP contribution in [0.5, 0.6) is 0 Å². The van der Waals surface area contributed by atoms with Crippen molar-refractivity contribution in [3.63, 3.8) is 0 Å². The zero-order chi connectivity index (χ0) is 13.2. The fraction of sp³-hybridized carbons (Fsp3) is 0.154. The van der Waals surface area contributed by atoms with Crippen molar-refractivity contribution in [2.24, 2.45) is 0 Å². The predicted molar refractivity (Wildman–Crippen MR) is 68.5 cm³/mol. The Morgan fingerprint density at radius 2 is 2.32 bits per heavy atom. The first kappa shape index (κ1) is 11.5. The first-order chi connectivity index (χ1) is 9.22. The van der Waals surface area contributed by atoms with E-state index in [1.807, 2.05) is 6.92 Å². The van der Waals surface area contributed by atoms with Crippen molar-refractivity contribution in [1.82, 2.24) is 20.4 Å². The number of aromatic amines is 1. The van der Waals surface area contributed by atoms with Gasteiger partial charge < -0.3 is 14.8 Å². The number of aryl methyl sites for hydroxylation is 1. The number of nitrogens with zero attached hydrogens (tertiary/aromatic N) is 2. The average Bonchev–Trinajstić information content (AvgIpc) is 3.03. The van der Waals surface area contributed by atoms with Crippen LogP contribution in [-0.4, -0.2) is 21.0 Å². The van der Waals surface area contributed by atoms with Crippen LogP contribution in [0.1, 0.15) is 21.8 Å². The molecule has 0 aliphatic rings. The molecule has 2 N–H and O–H groups in total. The van der Waals surface area contributed by atoms with Gasteiger partial charge in [0.25, 0.3) is 5.91 Å². The van der Waals surface area contributed by atoms with Crippen LogP contribution in [0, 0.1) is 6.92 Å². The van der Waals surface area contributed by atoms with Crippen LogP contribution in [0.3, 0.4) is 0 Å². The summed E-state index contributed by atoms with van der Waals surface area (Å²) >= 11 is 0. The normalized spacial score (nSPS) is 10.8. The number of nitrogens with one attached hydrogen (secondary N) is 2. The van der Waals surface area contributed by atoms with Crippen molar-refractivity contribution in [3.8, 4) is 0 Å². The summed E-state index contributed by atoms with van der Waals surface area (Å²) in [4.78, 5) is 19.1. The summed E-state index contributed by atoms with van der Waals surface area (Å²) in [6.07, 6.45) is 1.60. The molecule has 3 aromatic rings. The molecule has 2 heterocycles. The standard InChI is InChI=1S/C13H12N4O2/c1-8-4-10(17-19-8)6-14-13(18)9-2-3-11-12(5-9)16-7-15-11/h2-5,7H,6H2,1H3,(H,14,18)(H,15,16). The Kier molecular flexibility index (Phi) is 2.75. The van der Waals surface area contributed by atoms with Gasteiger partial charge in [-0.2, -0.15) is 0 Å². The highest BCUT2D eigenvalue weighted by Crippen LogP contribution is 2.11. The molecule has 0 aliphatic carbocycles. The van der Waals surface area contributed by atoms with Crippen molar-refractivity contribution in [3.05, 3.63) is 47.6 Å². The minimum absolute atomic E-state index is 0.155. The lowest BCUT2D eigenvalue weighted by molar-refractivity contribution is 0.0950. The van der Waals surface area contributed by atoms with Gasteiger partial charge in [0.2, 0.25) is 0 Å². The van der Waals surface area contributed by atoms with E-state index in [9.17, 15) is 4.79 Å². The molecule has 19 heavy (non-hydrogen) atoms. The summed E-state index contributed by atoms with van der Waals surface area (Å²) in [6.45, 7) is 2.15. The molecule has 0 unspecified atom stereocenters. The Morgan fingerprint density at radius 3 is 3.11 bits per heavy atom. The smallest absolute Gasteiger partial charge is 0.251 e. The second kappa shape index (κ2) is 4.56. The SMILES string of the molecule is Cc1cc(CNC(=O)c2ccc3nc[nH]c3c2)no1. The lowest BCUT2D eigenvalue weighted by Gasteiger charge is -2.02. The van der Waals surface area contributed by atoms with Crippen LogP contribution >= 0.6 is 0 Å². The molecule has 2 aromatic heterocycles. The van der Waals surface area contributed by atoms with Crippen LogP contribution in [0.15, 0.2) is 35.1 Å². The molecule has 0 aliphatic heterocycles. The molecule has 6 heteroatoms. The third kappa shape index (κ3) is 2.33. The number of hydrogen-bond donors (Lipinski definition) is 2. The highest BCUT2D eigenvalue weighted by Gasteiger charge is 2.08. The fourth-order valence-electron chi connectivity index (χ4n) is 1.85. The van der Waals surface area contributed by atoms with E-state index in [1.165, 1.54) is 0 Å². The summed E-state index contributed by atoms with van der Waals surface area (Å²) in [5, 5.41) is 6.61. The van der Waals surface area contributed by atoms with Gasteiger partial charge in [-0.05, 0) is 25.1 Å². The summed E-state index contributed by atoms with van der Waals surface area (Å²) in [6, 6.07) is 7.11. The number of carbonyl (C=O) groups excluding carboxylic acids is 1. The highest BCUT2D eigenvalue weighted by atomic mass is 16.5. The summed E-state index contributed by atoms with van der Waals surface area (Å²) in [5.74, 6) is 0.570. The molecule has 0 fully saturated rings. The summed E-state index contributed by atoms with van der Waals surface area (Å²) in [5.41, 5.74) is 2.96. The number of H-pyrrole nitrogens is 1. The van der Waals surface area contributed by atoms with Gasteiger partial charge in [-0.3, -0.25) is 4.79 Å². The number of benzene rings is 1. The van der Waals surface area contributed by atoms with Crippen LogP contribution in [0.25, 0.3) is 11.0 Å². The van der Waals surface area contributed by atoms with Gasteiger partial charge in [0.1, 0.15) is 11.5 Å². The Labute approximate surface area is 108 Å². The molecular weight excluding hydrogens is 244 g/mol. The molecule has 3 rings (SSSR count). The molecule has 0 radical (unpaired) electrons. The minimum Gasteiger partial charge on any atom is -0.361 e. The van der Waals surface area contributed by atoms with Gasteiger partial charge >= 0.3 is 0 Å². The number of hydrogen-bond acceptors (Lipinski definition) is 4. The monoisotopic (exact) mass is 256 g/mol. The van der Waals surface area contributed by atoms with Gasteiger partial charge in [-0.25, -0.2) is 4.98 Å². The zero-order valence-electron chi connectivity index (χ0n) is 10.3. The highest BCUT2D eigenvalue weighted by molar-refractivity contribution is 5.97. The van der Waals surface area contributed by atoms with Gasteiger partial charge in [0.15, 0.2) is 0 Å². The first-order valence-corrected chi connectivity index (χ1v) is 5.86. The number of aromatic nitrogens is 3. The Hall–Kier alpha value is -2.63. The van der Waals surface area contributed by atoms with E-state index in [0.717, 1.165) is 16.8 Å². The van der Waals surface area contributed by atoms with Crippen LogP contribution in [0.2, 0.25) is 0 Å². The van der Waals surface area contributed by atoms with Crippen molar-refractivity contribution in [2.45, 2.75) is 13.5 Å². The topological polar surface area (TPSA) is 83.8 Å². The predicted octanol–water partition coefficient (Wildman–Crippen LogP) is 1.79. The molecule has 0 saturated carbocycles. The molecule has 0 bridgehead atoms. The largest absolute Gasteiger partial charge is 0.361 e. The van der Waals surface area contributed by atoms with Crippen molar-refractivity contribution in [2.75, 3.05) is 0 Å². The van der Waals surface area contributed by atoms with E-state index in [-0.39, 0.29) is 5.91 Å². The van der Waals surface area contributed by atoms with Crippen LogP contribution in [-0.2, 0) is 6.54 Å². The second-order valence-corrected chi connectivity index (χ2v) is 4.25. The van der Waals surface area contributed by atoms with Gasteiger partial charge in [-0.15, -0.1) is 0 Å². The van der Waals surface area contributed by atoms with E-state index in [2.05, 4.69) is 20.4 Å². The number of carbonyl (C=O) groups is 1. The van der Waals surface area contributed by atoms with Crippen molar-refractivity contribution in [1.29, 1.82) is 0 Å². The number of imidazole rings is 1. The van der Waals surface area contributed by atoms with E-state index in [0.29, 0.717) is 17.8 Å². The molecular formula is C13H12N4O2. The first-order valence-electron chi connectivity index (χ1n) is 5.86. The number of rotatable bonds is 3. The van der Waals surface area contributed by atoms with E-state index in [1.54, 1.807) is 30.6 Å². The maximum Gasteiger partial charge on any atom is 0.251 e. The summed E-state index contributed by atoms with van der Waals surface area (Å²) in [7, 11) is 0. The Bertz CT molecular complexity index is 729. The molecule has 1 aromatic carbocycles. The van der Waals surface area contributed by atoms with E-state index >= 15 is 0 Å². The summed E-state index contributed by atoms with van der Waals surface area (Å²) < 4.78 is 4.94. The molecule has 6 nitrogen and oxygen atoms in total. The van der Waals surface area contributed by atoms with Crippen molar-refractivity contribution >= 4 is 16.9 Å². The van der Waals surface area contributed by atoms with E-state index in [4.69, 9.17) is 4.52 Å². The molecule has 0 spiro atoms. The van der Waals surface area contributed by atoms with Crippen LogP contribution < -0.4 is 5.32 Å². The third-order valence-corrected chi connectivity index (χ3v) is 2.79. The number of fused-ring (bicyclic) bond motifs is 1. The minimum atomic E-state index is -0.155. The second-order valence-electron chi connectivity index (χ2n) is 4.25. The Balaban J connectivity index is 1.72. The quantitative estimate of drug-likeness (QED) is 0.748. The maximum absolute atomic E-state index is 12.0. The molecule has 1 amide bonds. The van der Waals surface area contributed by atoms with Gasteiger partial charge in [0, 0.05) is 11.6 Å². The molecule has 96 valence electrons. The lowest BCUT2D eigenvalue weighted by Crippen LogP contribution is -2.22. The molecule has 0 saturated heterocycles. The maximum atomic E-state index is 12.0. The average molecular weight is 256 g/mol. The number of amides is 1. The Morgan fingerprint density at radius 1 is 1.42 bits per heavy atom. The third-order valence-electron chi connectivity index (χ3n) is 2.79. The van der Waals surface area contributed by atoms with Crippen molar-refractivity contribution < 1.29 is 9.32 Å². The van der Waals surface area contributed by atoms with Crippen LogP contribution in [0.4, 0.5) is 0 Å². The van der Waals surface area contributed by atoms with E-state index < -0.39 is 0 Å². The van der Waals surface area contributed by atoms with Gasteiger partial charge in [0.05, 0.1) is 23.9 Å².